The number of imidazole rings is 1. The summed E-state index contributed by atoms with van der Waals surface area (Å²) in [5.41, 5.74) is 5.68. The van der Waals surface area contributed by atoms with E-state index in [1.807, 2.05) is 0 Å². The van der Waals surface area contributed by atoms with E-state index < -0.39 is 6.03 Å². The molecule has 0 aliphatic rings. The Morgan fingerprint density at radius 1 is 1.82 bits per heavy atom. The number of aromatic amines is 1. The fourth-order valence-electron chi connectivity index (χ4n) is 0.708. The highest BCUT2D eigenvalue weighted by Crippen LogP contribution is 1.90. The zero-order valence-corrected chi connectivity index (χ0v) is 5.95. The molecule has 5 nitrogen and oxygen atoms in total. The monoisotopic (exact) mass is 153 g/mol. The summed E-state index contributed by atoms with van der Waals surface area (Å²) in [6.45, 7) is 0.403. The number of urea groups is 1. The molecule has 3 N–H and O–H groups in total. The van der Waals surface area contributed by atoms with Gasteiger partial charge in [0.25, 0.3) is 0 Å². The lowest BCUT2D eigenvalue weighted by Crippen LogP contribution is -2.24. The highest BCUT2D eigenvalue weighted by molar-refractivity contribution is 5.71. The molecule has 1 rings (SSSR count). The van der Waals surface area contributed by atoms with Gasteiger partial charge in [-0.3, -0.25) is 0 Å². The van der Waals surface area contributed by atoms with Crippen LogP contribution in [0.3, 0.4) is 0 Å². The molecule has 59 valence electrons. The number of primary amides is 1. The maximum Gasteiger partial charge on any atom is 0.333 e. The highest BCUT2D eigenvalue weighted by Gasteiger charge is 1.96. The first kappa shape index (κ1) is 7.59. The van der Waals surface area contributed by atoms with Gasteiger partial charge in [0.15, 0.2) is 0 Å². The molecule has 0 atom stereocenters. The lowest BCUT2D eigenvalue weighted by Gasteiger charge is -1.93. The third-order valence-corrected chi connectivity index (χ3v) is 1.19. The zero-order chi connectivity index (χ0) is 8.10. The minimum absolute atomic E-state index is 0.403. The Bertz CT molecular complexity index is 218. The second-order valence-electron chi connectivity index (χ2n) is 2.03. The largest absolute Gasteiger partial charge is 0.351 e. The van der Waals surface area contributed by atoms with Crippen LogP contribution in [0, 0.1) is 0 Å². The average Bonchev–Trinajstić information content (AvgIpc) is 2.39. The van der Waals surface area contributed by atoms with Crippen molar-refractivity contribution < 1.29 is 4.79 Å². The van der Waals surface area contributed by atoms with Gasteiger partial charge in [0.2, 0.25) is 0 Å². The van der Waals surface area contributed by atoms with Crippen LogP contribution in [0.15, 0.2) is 12.5 Å². The van der Waals surface area contributed by atoms with E-state index in [0.29, 0.717) is 13.0 Å². The summed E-state index contributed by atoms with van der Waals surface area (Å²) in [4.78, 5) is 16.9. The molecule has 5 heteroatoms. The Morgan fingerprint density at radius 2 is 2.64 bits per heavy atom. The number of H-pyrrole nitrogens is 1. The number of nitrogens with two attached hydrogens (primary N) is 1. The van der Waals surface area contributed by atoms with Crippen molar-refractivity contribution in [2.45, 2.75) is 6.42 Å². The standard InChI is InChI=1S/C6H9N4O/c7-6(11)9-2-1-5-3-8-4-10-5/h3-4H,1-2H2,(H2,7,11)(H,8,10). The molecule has 1 heterocycles. The Morgan fingerprint density at radius 3 is 3.18 bits per heavy atom. The normalized spacial score (nSPS) is 9.45. The van der Waals surface area contributed by atoms with Crippen molar-refractivity contribution in [2.24, 2.45) is 5.73 Å². The fourth-order valence-corrected chi connectivity index (χ4v) is 0.708. The number of rotatable bonds is 3. The van der Waals surface area contributed by atoms with Crippen LogP contribution >= 0.6 is 0 Å². The summed E-state index contributed by atoms with van der Waals surface area (Å²) in [6, 6.07) is -0.625. The molecule has 1 radical (unpaired) electrons. The third-order valence-electron chi connectivity index (χ3n) is 1.19. The average molecular weight is 153 g/mol. The van der Waals surface area contributed by atoms with Gasteiger partial charge in [-0.2, -0.15) is 0 Å². The molecule has 0 spiro atoms. The molecule has 11 heavy (non-hydrogen) atoms. The van der Waals surface area contributed by atoms with E-state index in [4.69, 9.17) is 5.73 Å². The third kappa shape index (κ3) is 2.70. The van der Waals surface area contributed by atoms with Crippen molar-refractivity contribution in [3.8, 4) is 0 Å². The van der Waals surface area contributed by atoms with Gasteiger partial charge in [-0.15, -0.1) is 0 Å². The number of carbonyl (C=O) groups is 1. The molecule has 0 fully saturated rings. The van der Waals surface area contributed by atoms with Gasteiger partial charge in [0.05, 0.1) is 18.6 Å². The van der Waals surface area contributed by atoms with E-state index in [2.05, 4.69) is 15.3 Å². The molecule has 0 saturated heterocycles. The Kier molecular flexibility index (Phi) is 2.48. The number of amides is 2. The predicted octanol–water partition coefficient (Wildman–Crippen LogP) is -0.365. The first-order valence-corrected chi connectivity index (χ1v) is 3.23. The second kappa shape index (κ2) is 3.60. The van der Waals surface area contributed by atoms with E-state index in [9.17, 15) is 4.79 Å². The van der Waals surface area contributed by atoms with Crippen LogP contribution in [0.4, 0.5) is 4.79 Å². The van der Waals surface area contributed by atoms with Gasteiger partial charge in [-0.05, 0) is 0 Å². The first-order chi connectivity index (χ1) is 5.29. The molecule has 1 aromatic rings. The molecule has 2 amide bonds. The molecule has 0 unspecified atom stereocenters. The van der Waals surface area contributed by atoms with E-state index in [1.54, 1.807) is 12.5 Å². The Hall–Kier alpha value is -1.52. The highest BCUT2D eigenvalue weighted by atomic mass is 16.2. The smallest absolute Gasteiger partial charge is 0.333 e. The molecule has 0 aliphatic carbocycles. The summed E-state index contributed by atoms with van der Waals surface area (Å²) in [5, 5.41) is 3.48. The SMILES string of the molecule is NC(=O)[N]CCc1c[nH]cn1. The summed E-state index contributed by atoms with van der Waals surface area (Å²) in [6.07, 6.45) is 3.99. The van der Waals surface area contributed by atoms with Gasteiger partial charge in [-0.25, -0.2) is 15.1 Å². The fraction of sp³-hybridized carbons (Fsp3) is 0.333. The van der Waals surface area contributed by atoms with Crippen LogP contribution in [0.1, 0.15) is 5.69 Å². The lowest BCUT2D eigenvalue weighted by molar-refractivity contribution is 0.248. The Balaban J connectivity index is 2.19. The molecular weight excluding hydrogens is 144 g/mol. The Labute approximate surface area is 64.0 Å². The van der Waals surface area contributed by atoms with Crippen molar-refractivity contribution in [2.75, 3.05) is 6.54 Å². The topological polar surface area (TPSA) is 85.9 Å². The van der Waals surface area contributed by atoms with Crippen molar-refractivity contribution in [3.63, 3.8) is 0 Å². The van der Waals surface area contributed by atoms with Crippen LogP contribution in [-0.2, 0) is 6.42 Å². The predicted molar refractivity (Wildman–Crippen MR) is 38.9 cm³/mol. The number of carbonyl (C=O) groups excluding carboxylic acids is 1. The van der Waals surface area contributed by atoms with Crippen LogP contribution in [0.5, 0.6) is 0 Å². The second-order valence-corrected chi connectivity index (χ2v) is 2.03. The maximum atomic E-state index is 10.2. The minimum atomic E-state index is -0.625. The number of hydrogen-bond acceptors (Lipinski definition) is 2. The molecule has 0 aromatic carbocycles. The van der Waals surface area contributed by atoms with Crippen LogP contribution < -0.4 is 11.1 Å². The summed E-state index contributed by atoms with van der Waals surface area (Å²) in [7, 11) is 0. The maximum absolute atomic E-state index is 10.2. The van der Waals surface area contributed by atoms with Crippen molar-refractivity contribution in [1.82, 2.24) is 15.3 Å². The first-order valence-electron chi connectivity index (χ1n) is 3.23. The van der Waals surface area contributed by atoms with Gasteiger partial charge in [0, 0.05) is 12.6 Å². The summed E-state index contributed by atoms with van der Waals surface area (Å²) in [5.74, 6) is 0. The van der Waals surface area contributed by atoms with E-state index in [1.165, 1.54) is 0 Å². The molecular formula is C6H9N4O. The zero-order valence-electron chi connectivity index (χ0n) is 5.95. The lowest BCUT2D eigenvalue weighted by atomic mass is 10.3. The number of nitrogens with zero attached hydrogens (tertiary/aromatic N) is 2. The quantitative estimate of drug-likeness (QED) is 0.621. The number of aromatic nitrogens is 2. The van der Waals surface area contributed by atoms with E-state index >= 15 is 0 Å². The molecule has 0 saturated carbocycles. The number of nitrogens with one attached hydrogen (secondary N) is 1. The van der Waals surface area contributed by atoms with Crippen LogP contribution in [0.25, 0.3) is 0 Å². The van der Waals surface area contributed by atoms with Gasteiger partial charge in [-0.1, -0.05) is 0 Å². The van der Waals surface area contributed by atoms with Gasteiger partial charge in [0.1, 0.15) is 0 Å². The van der Waals surface area contributed by atoms with Crippen LogP contribution in [0.2, 0.25) is 0 Å². The minimum Gasteiger partial charge on any atom is -0.351 e. The summed E-state index contributed by atoms with van der Waals surface area (Å²) >= 11 is 0. The van der Waals surface area contributed by atoms with E-state index in [-0.39, 0.29) is 0 Å². The van der Waals surface area contributed by atoms with Crippen LogP contribution in [-0.4, -0.2) is 22.5 Å². The van der Waals surface area contributed by atoms with E-state index in [0.717, 1.165) is 5.69 Å². The van der Waals surface area contributed by atoms with Crippen molar-refractivity contribution in [1.29, 1.82) is 0 Å². The molecule has 1 aromatic heterocycles. The molecule has 0 bridgehead atoms. The molecule has 0 aliphatic heterocycles. The van der Waals surface area contributed by atoms with Crippen molar-refractivity contribution in [3.05, 3.63) is 18.2 Å². The summed E-state index contributed by atoms with van der Waals surface area (Å²) < 4.78 is 0. The van der Waals surface area contributed by atoms with Crippen molar-refractivity contribution >= 4 is 6.03 Å². The van der Waals surface area contributed by atoms with Gasteiger partial charge >= 0.3 is 6.03 Å². The van der Waals surface area contributed by atoms with Gasteiger partial charge < -0.3 is 10.7 Å². The number of hydrogen-bond donors (Lipinski definition) is 2.